The summed E-state index contributed by atoms with van der Waals surface area (Å²) in [6.45, 7) is 5.49. The van der Waals surface area contributed by atoms with Crippen LogP contribution in [0, 0.1) is 0 Å². The predicted molar refractivity (Wildman–Crippen MR) is 76.0 cm³/mol. The zero-order chi connectivity index (χ0) is 16.8. The normalized spacial score (nSPS) is 12.6. The lowest BCUT2D eigenvalue weighted by molar-refractivity contribution is -0.156. The molecule has 1 rings (SSSR count). The van der Waals surface area contributed by atoms with E-state index in [2.05, 4.69) is 15.5 Å². The molecule has 3 N–H and O–H groups in total. The van der Waals surface area contributed by atoms with Crippen molar-refractivity contribution in [1.29, 1.82) is 0 Å². The first-order valence-corrected chi connectivity index (χ1v) is 6.83. The van der Waals surface area contributed by atoms with E-state index < -0.39 is 23.5 Å². The molecule has 0 aliphatic heterocycles. The van der Waals surface area contributed by atoms with Gasteiger partial charge in [0.1, 0.15) is 5.60 Å². The summed E-state index contributed by atoms with van der Waals surface area (Å²) < 4.78 is 14.7. The maximum Gasteiger partial charge on any atom is 0.353 e. The quantitative estimate of drug-likeness (QED) is 0.662. The fourth-order valence-electron chi connectivity index (χ4n) is 1.50. The van der Waals surface area contributed by atoms with Crippen molar-refractivity contribution in [2.75, 3.05) is 13.7 Å². The van der Waals surface area contributed by atoms with Crippen LogP contribution in [0.2, 0.25) is 0 Å². The van der Waals surface area contributed by atoms with E-state index in [-0.39, 0.29) is 19.0 Å². The second kappa shape index (κ2) is 7.74. The molecule has 0 unspecified atom stereocenters. The number of methoxy groups -OCH3 is 1. The molecule has 1 atom stereocenters. The van der Waals surface area contributed by atoms with Gasteiger partial charge in [-0.3, -0.25) is 9.59 Å². The van der Waals surface area contributed by atoms with Crippen LogP contribution in [0.1, 0.15) is 33.1 Å². The fraction of sp³-hybridized carbons (Fsp3) is 0.692. The summed E-state index contributed by atoms with van der Waals surface area (Å²) in [5.74, 6) is -0.632. The number of nitrogens with two attached hydrogens (primary N) is 1. The van der Waals surface area contributed by atoms with Crippen molar-refractivity contribution in [3.8, 4) is 6.01 Å². The number of nitrogens with one attached hydrogen (secondary N) is 1. The Morgan fingerprint density at radius 1 is 1.41 bits per heavy atom. The Morgan fingerprint density at radius 3 is 2.64 bits per heavy atom. The number of nitrogens with zero attached hydrogens (tertiary/aromatic N) is 2. The van der Waals surface area contributed by atoms with Crippen LogP contribution < -0.4 is 15.8 Å². The first-order valence-electron chi connectivity index (χ1n) is 6.83. The smallest absolute Gasteiger partial charge is 0.353 e. The van der Waals surface area contributed by atoms with Crippen molar-refractivity contribution in [2.24, 2.45) is 5.73 Å². The van der Waals surface area contributed by atoms with Crippen LogP contribution in [0.25, 0.3) is 0 Å². The highest BCUT2D eigenvalue weighted by Gasteiger charge is 2.22. The Balaban J connectivity index is 2.30. The van der Waals surface area contributed by atoms with Crippen LogP contribution in [0.4, 0.5) is 0 Å². The third-order valence-electron chi connectivity index (χ3n) is 2.41. The molecule has 0 aliphatic rings. The van der Waals surface area contributed by atoms with E-state index in [0.717, 1.165) is 0 Å². The van der Waals surface area contributed by atoms with Crippen LogP contribution in [0.15, 0.2) is 4.52 Å². The topological polar surface area (TPSA) is 130 Å². The lowest BCUT2D eigenvalue weighted by Crippen LogP contribution is -2.43. The number of hydrogen-bond donors (Lipinski definition) is 2. The second-order valence-electron chi connectivity index (χ2n) is 5.61. The molecule has 22 heavy (non-hydrogen) atoms. The van der Waals surface area contributed by atoms with Crippen LogP contribution >= 0.6 is 0 Å². The molecule has 0 spiro atoms. The molecule has 1 aromatic heterocycles. The molecular formula is C13H22N4O5. The molecule has 0 aliphatic carbocycles. The van der Waals surface area contributed by atoms with E-state index in [1.165, 1.54) is 7.11 Å². The molecule has 0 aromatic carbocycles. The second-order valence-corrected chi connectivity index (χ2v) is 5.61. The summed E-state index contributed by atoms with van der Waals surface area (Å²) in [6, 6.07) is -0.838. The van der Waals surface area contributed by atoms with Crippen molar-refractivity contribution in [2.45, 2.75) is 45.3 Å². The van der Waals surface area contributed by atoms with Crippen molar-refractivity contribution >= 4 is 11.9 Å². The summed E-state index contributed by atoms with van der Waals surface area (Å²) in [5.41, 5.74) is 5.05. The van der Waals surface area contributed by atoms with Gasteiger partial charge in [0.05, 0.1) is 19.6 Å². The van der Waals surface area contributed by atoms with Crippen molar-refractivity contribution < 1.29 is 23.6 Å². The summed E-state index contributed by atoms with van der Waals surface area (Å²) in [4.78, 5) is 27.2. The largest absolute Gasteiger partial charge is 0.465 e. The Labute approximate surface area is 128 Å². The van der Waals surface area contributed by atoms with Crippen LogP contribution in [-0.2, 0) is 20.7 Å². The minimum atomic E-state index is -0.966. The Kier molecular flexibility index (Phi) is 6.29. The molecule has 0 fully saturated rings. The SMILES string of the molecule is COc1noc(CCNC(=O)[C@@H](N)CC(=O)OC(C)(C)C)n1. The molecule has 124 valence electrons. The van der Waals surface area contributed by atoms with Gasteiger partial charge in [-0.25, -0.2) is 0 Å². The molecule has 0 radical (unpaired) electrons. The van der Waals surface area contributed by atoms with Crippen molar-refractivity contribution in [1.82, 2.24) is 15.5 Å². The average Bonchev–Trinajstić information content (AvgIpc) is 2.84. The Hall–Kier alpha value is -2.16. The highest BCUT2D eigenvalue weighted by atomic mass is 16.6. The minimum Gasteiger partial charge on any atom is -0.465 e. The lowest BCUT2D eigenvalue weighted by Gasteiger charge is -2.20. The van der Waals surface area contributed by atoms with E-state index in [0.29, 0.717) is 12.3 Å². The van der Waals surface area contributed by atoms with Crippen molar-refractivity contribution in [3.05, 3.63) is 5.89 Å². The number of hydrogen-bond acceptors (Lipinski definition) is 8. The number of amides is 1. The maximum absolute atomic E-state index is 11.8. The van der Waals surface area contributed by atoms with Gasteiger partial charge in [-0.15, -0.1) is 0 Å². The monoisotopic (exact) mass is 314 g/mol. The average molecular weight is 314 g/mol. The van der Waals surface area contributed by atoms with Gasteiger partial charge in [0, 0.05) is 13.0 Å². The lowest BCUT2D eigenvalue weighted by atomic mass is 10.1. The molecule has 0 bridgehead atoms. The molecule has 9 nitrogen and oxygen atoms in total. The van der Waals surface area contributed by atoms with Crippen molar-refractivity contribution in [3.63, 3.8) is 0 Å². The first-order chi connectivity index (χ1) is 10.2. The molecule has 1 aromatic rings. The van der Waals surface area contributed by atoms with Crippen LogP contribution in [-0.4, -0.2) is 47.3 Å². The van der Waals surface area contributed by atoms with Gasteiger partial charge in [0.15, 0.2) is 0 Å². The number of carbonyl (C=O) groups is 2. The highest BCUT2D eigenvalue weighted by molar-refractivity contribution is 5.86. The number of rotatable bonds is 7. The number of aromatic nitrogens is 2. The summed E-state index contributed by atoms with van der Waals surface area (Å²) in [6.07, 6.45) is 0.152. The summed E-state index contributed by atoms with van der Waals surface area (Å²) in [7, 11) is 1.42. The zero-order valence-corrected chi connectivity index (χ0v) is 13.2. The molecule has 0 saturated carbocycles. The first kappa shape index (κ1) is 17.9. The van der Waals surface area contributed by atoms with Gasteiger partial charge in [0.2, 0.25) is 11.8 Å². The maximum atomic E-state index is 11.8. The molecular weight excluding hydrogens is 292 g/mol. The van der Waals surface area contributed by atoms with E-state index in [1.54, 1.807) is 20.8 Å². The van der Waals surface area contributed by atoms with Gasteiger partial charge in [-0.1, -0.05) is 0 Å². The highest BCUT2D eigenvalue weighted by Crippen LogP contribution is 2.09. The molecule has 1 heterocycles. The molecule has 0 saturated heterocycles. The summed E-state index contributed by atoms with van der Waals surface area (Å²) >= 11 is 0. The minimum absolute atomic E-state index is 0.128. The Bertz CT molecular complexity index is 509. The predicted octanol–water partition coefficient (Wildman–Crippen LogP) is -0.204. The summed E-state index contributed by atoms with van der Waals surface area (Å²) in [5, 5.41) is 6.12. The van der Waals surface area contributed by atoms with Gasteiger partial charge in [-0.05, 0) is 25.9 Å². The van der Waals surface area contributed by atoms with Gasteiger partial charge < -0.3 is 25.0 Å². The van der Waals surface area contributed by atoms with Gasteiger partial charge in [0.25, 0.3) is 0 Å². The van der Waals surface area contributed by atoms with E-state index in [4.69, 9.17) is 19.7 Å². The third-order valence-corrected chi connectivity index (χ3v) is 2.41. The standard InChI is InChI=1S/C13H22N4O5/c1-13(2,3)21-10(18)7-8(14)11(19)15-6-5-9-16-12(20-4)17-22-9/h8H,5-7,14H2,1-4H3,(H,15,19)/t8-/m0/s1. The number of carbonyl (C=O) groups excluding carboxylic acids is 2. The van der Waals surface area contributed by atoms with Crippen LogP contribution in [0.3, 0.4) is 0 Å². The number of ether oxygens (including phenoxy) is 2. The van der Waals surface area contributed by atoms with E-state index in [9.17, 15) is 9.59 Å². The Morgan fingerprint density at radius 2 is 2.09 bits per heavy atom. The number of esters is 1. The van der Waals surface area contributed by atoms with Gasteiger partial charge >= 0.3 is 12.0 Å². The van der Waals surface area contributed by atoms with Crippen LogP contribution in [0.5, 0.6) is 6.01 Å². The molecule has 1 amide bonds. The zero-order valence-electron chi connectivity index (χ0n) is 13.2. The fourth-order valence-corrected chi connectivity index (χ4v) is 1.50. The van der Waals surface area contributed by atoms with E-state index in [1.807, 2.05) is 0 Å². The molecule has 9 heteroatoms. The third kappa shape index (κ3) is 6.53. The van der Waals surface area contributed by atoms with E-state index >= 15 is 0 Å². The van der Waals surface area contributed by atoms with Gasteiger partial charge in [-0.2, -0.15) is 4.98 Å².